The second-order valence-corrected chi connectivity index (χ2v) is 4.43. The van der Waals surface area contributed by atoms with Crippen molar-refractivity contribution in [3.63, 3.8) is 0 Å². The highest BCUT2D eigenvalue weighted by Crippen LogP contribution is 2.48. The molecular weight excluding hydrogens is 164 g/mol. The van der Waals surface area contributed by atoms with Crippen LogP contribution in [-0.4, -0.2) is 18.5 Å². The van der Waals surface area contributed by atoms with Crippen LogP contribution in [-0.2, 0) is 9.53 Å². The minimum atomic E-state index is -0.393. The third-order valence-corrected chi connectivity index (χ3v) is 3.76. The smallest absolute Gasteiger partial charge is 0.152 e. The Morgan fingerprint density at radius 3 is 2.46 bits per heavy atom. The van der Waals surface area contributed by atoms with Crippen molar-refractivity contribution in [3.05, 3.63) is 0 Å². The lowest BCUT2D eigenvalue weighted by Gasteiger charge is -2.48. The molecule has 1 atom stereocenters. The van der Waals surface area contributed by atoms with Gasteiger partial charge in [-0.1, -0.05) is 0 Å². The molecule has 0 amide bonds. The molecule has 13 heavy (non-hydrogen) atoms. The summed E-state index contributed by atoms with van der Waals surface area (Å²) >= 11 is 0. The molecule has 74 valence electrons. The van der Waals surface area contributed by atoms with E-state index in [1.54, 1.807) is 0 Å². The Morgan fingerprint density at radius 2 is 2.08 bits per heavy atom. The van der Waals surface area contributed by atoms with Crippen LogP contribution in [0.4, 0.5) is 0 Å². The van der Waals surface area contributed by atoms with E-state index in [1.807, 2.05) is 6.92 Å². The molecule has 3 fully saturated rings. The van der Waals surface area contributed by atoms with Crippen LogP contribution in [0.15, 0.2) is 0 Å². The number of ether oxygens (including phenoxy) is 1. The SMILES string of the molecule is CCOC1(C=O)CC2CCC1CC2. The van der Waals surface area contributed by atoms with Gasteiger partial charge in [-0.05, 0) is 50.9 Å². The average molecular weight is 182 g/mol. The van der Waals surface area contributed by atoms with E-state index in [-0.39, 0.29) is 0 Å². The number of rotatable bonds is 3. The molecule has 1 unspecified atom stereocenters. The Hall–Kier alpha value is -0.370. The summed E-state index contributed by atoms with van der Waals surface area (Å²) in [4.78, 5) is 11.1. The molecule has 3 aliphatic carbocycles. The number of hydrogen-bond donors (Lipinski definition) is 0. The van der Waals surface area contributed by atoms with Crippen molar-refractivity contribution in [2.24, 2.45) is 11.8 Å². The molecule has 0 aromatic heterocycles. The Balaban J connectivity index is 2.15. The molecule has 2 bridgehead atoms. The number of hydrogen-bond acceptors (Lipinski definition) is 2. The van der Waals surface area contributed by atoms with Crippen LogP contribution < -0.4 is 0 Å². The van der Waals surface area contributed by atoms with Gasteiger partial charge in [-0.15, -0.1) is 0 Å². The quantitative estimate of drug-likeness (QED) is 0.625. The zero-order valence-corrected chi connectivity index (χ0v) is 8.29. The predicted octanol–water partition coefficient (Wildman–Crippen LogP) is 2.17. The maximum Gasteiger partial charge on any atom is 0.152 e. The fraction of sp³-hybridized carbons (Fsp3) is 0.909. The molecule has 0 aliphatic heterocycles. The summed E-state index contributed by atoms with van der Waals surface area (Å²) in [7, 11) is 0. The van der Waals surface area contributed by atoms with Crippen molar-refractivity contribution in [1.82, 2.24) is 0 Å². The first-order valence-electron chi connectivity index (χ1n) is 5.41. The van der Waals surface area contributed by atoms with Crippen LogP contribution >= 0.6 is 0 Å². The van der Waals surface area contributed by atoms with Crippen LogP contribution in [0.1, 0.15) is 39.0 Å². The summed E-state index contributed by atoms with van der Waals surface area (Å²) in [5.74, 6) is 1.26. The molecule has 0 heterocycles. The van der Waals surface area contributed by atoms with E-state index in [1.165, 1.54) is 25.7 Å². The van der Waals surface area contributed by atoms with Gasteiger partial charge in [0.05, 0.1) is 0 Å². The van der Waals surface area contributed by atoms with Crippen molar-refractivity contribution >= 4 is 6.29 Å². The van der Waals surface area contributed by atoms with Gasteiger partial charge in [-0.25, -0.2) is 0 Å². The Morgan fingerprint density at radius 1 is 1.38 bits per heavy atom. The van der Waals surface area contributed by atoms with Gasteiger partial charge in [0.15, 0.2) is 6.29 Å². The lowest BCUT2D eigenvalue weighted by molar-refractivity contribution is -0.158. The van der Waals surface area contributed by atoms with Crippen molar-refractivity contribution in [3.8, 4) is 0 Å². The molecule has 0 radical (unpaired) electrons. The van der Waals surface area contributed by atoms with Crippen LogP contribution in [0.3, 0.4) is 0 Å². The minimum absolute atomic E-state index is 0.393. The second-order valence-electron chi connectivity index (χ2n) is 4.43. The van der Waals surface area contributed by atoms with E-state index in [9.17, 15) is 4.79 Å². The fourth-order valence-corrected chi connectivity index (χ4v) is 3.10. The molecule has 2 heteroatoms. The summed E-state index contributed by atoms with van der Waals surface area (Å²) in [6, 6.07) is 0. The lowest BCUT2D eigenvalue weighted by atomic mass is 9.62. The second kappa shape index (κ2) is 3.41. The maximum absolute atomic E-state index is 11.1. The van der Waals surface area contributed by atoms with Crippen LogP contribution in [0.25, 0.3) is 0 Å². The fourth-order valence-electron chi connectivity index (χ4n) is 3.10. The lowest BCUT2D eigenvalue weighted by Crippen LogP contribution is -2.50. The third-order valence-electron chi connectivity index (χ3n) is 3.76. The monoisotopic (exact) mass is 182 g/mol. The van der Waals surface area contributed by atoms with Gasteiger partial charge in [-0.2, -0.15) is 0 Å². The van der Waals surface area contributed by atoms with Gasteiger partial charge in [-0.3, -0.25) is 0 Å². The molecule has 0 spiro atoms. The first kappa shape index (κ1) is 9.20. The average Bonchev–Trinajstić information content (AvgIpc) is 2.20. The van der Waals surface area contributed by atoms with Gasteiger partial charge in [0.1, 0.15) is 5.60 Å². The van der Waals surface area contributed by atoms with Crippen molar-refractivity contribution < 1.29 is 9.53 Å². The Labute approximate surface area is 79.7 Å². The number of carbonyl (C=O) groups is 1. The zero-order chi connectivity index (χ0) is 9.31. The summed E-state index contributed by atoms with van der Waals surface area (Å²) in [6.07, 6.45) is 7.08. The van der Waals surface area contributed by atoms with E-state index in [0.717, 1.165) is 18.6 Å². The molecule has 0 aromatic rings. The van der Waals surface area contributed by atoms with E-state index in [0.29, 0.717) is 12.5 Å². The van der Waals surface area contributed by atoms with E-state index >= 15 is 0 Å². The van der Waals surface area contributed by atoms with Crippen LogP contribution in [0.2, 0.25) is 0 Å². The van der Waals surface area contributed by atoms with E-state index < -0.39 is 5.60 Å². The third kappa shape index (κ3) is 1.41. The molecular formula is C11H18O2. The summed E-state index contributed by atoms with van der Waals surface area (Å²) in [5.41, 5.74) is -0.393. The minimum Gasteiger partial charge on any atom is -0.368 e. The van der Waals surface area contributed by atoms with Gasteiger partial charge >= 0.3 is 0 Å². The van der Waals surface area contributed by atoms with Gasteiger partial charge < -0.3 is 9.53 Å². The van der Waals surface area contributed by atoms with Gasteiger partial charge in [0, 0.05) is 6.61 Å². The van der Waals surface area contributed by atoms with Crippen molar-refractivity contribution in [2.45, 2.75) is 44.6 Å². The summed E-state index contributed by atoms with van der Waals surface area (Å²) < 4.78 is 5.69. The molecule has 0 saturated heterocycles. The maximum atomic E-state index is 11.1. The van der Waals surface area contributed by atoms with Crippen molar-refractivity contribution in [1.29, 1.82) is 0 Å². The van der Waals surface area contributed by atoms with Crippen LogP contribution in [0.5, 0.6) is 0 Å². The highest BCUT2D eigenvalue weighted by atomic mass is 16.5. The highest BCUT2D eigenvalue weighted by molar-refractivity contribution is 5.64. The Kier molecular flexibility index (Phi) is 2.41. The predicted molar refractivity (Wildman–Crippen MR) is 50.5 cm³/mol. The number of carbonyl (C=O) groups excluding carboxylic acids is 1. The first-order chi connectivity index (χ1) is 6.30. The number of fused-ring (bicyclic) bond motifs is 3. The molecule has 0 N–H and O–H groups in total. The van der Waals surface area contributed by atoms with E-state index in [4.69, 9.17) is 4.74 Å². The molecule has 0 aromatic carbocycles. The van der Waals surface area contributed by atoms with Gasteiger partial charge in [0.25, 0.3) is 0 Å². The molecule has 3 aliphatic rings. The molecule has 2 nitrogen and oxygen atoms in total. The topological polar surface area (TPSA) is 26.3 Å². The molecule has 3 saturated carbocycles. The summed E-state index contributed by atoms with van der Waals surface area (Å²) in [5, 5.41) is 0. The largest absolute Gasteiger partial charge is 0.368 e. The van der Waals surface area contributed by atoms with Crippen LogP contribution in [0, 0.1) is 11.8 Å². The zero-order valence-electron chi connectivity index (χ0n) is 8.29. The number of aldehydes is 1. The standard InChI is InChI=1S/C11H18O2/c1-2-13-11(8-12)7-9-3-5-10(11)6-4-9/h8-10H,2-7H2,1H3. The van der Waals surface area contributed by atoms with Crippen molar-refractivity contribution in [2.75, 3.05) is 6.61 Å². The highest BCUT2D eigenvalue weighted by Gasteiger charge is 2.48. The van der Waals surface area contributed by atoms with E-state index in [2.05, 4.69) is 0 Å². The Bertz CT molecular complexity index is 194. The summed E-state index contributed by atoms with van der Waals surface area (Å²) in [6.45, 7) is 2.65. The molecule has 3 rings (SSSR count). The normalized spacial score (nSPS) is 43.5. The van der Waals surface area contributed by atoms with Gasteiger partial charge in [0.2, 0.25) is 0 Å². The first-order valence-corrected chi connectivity index (χ1v) is 5.41.